The van der Waals surface area contributed by atoms with Crippen LogP contribution in [0.5, 0.6) is 0 Å². The maximum atomic E-state index is 12.7. The molecule has 4 heteroatoms. The van der Waals surface area contributed by atoms with Crippen molar-refractivity contribution in [3.05, 3.63) is 69.9 Å². The van der Waals surface area contributed by atoms with Crippen molar-refractivity contribution >= 4 is 28.4 Å². The zero-order valence-electron chi connectivity index (χ0n) is 15.0. The molecular formula is C22H23ClN2O. The molecule has 3 nitrogen and oxygen atoms in total. The van der Waals surface area contributed by atoms with E-state index < -0.39 is 0 Å². The van der Waals surface area contributed by atoms with Crippen LogP contribution in [0.4, 0.5) is 0 Å². The summed E-state index contributed by atoms with van der Waals surface area (Å²) < 4.78 is 0. The highest BCUT2D eigenvalue weighted by Gasteiger charge is 2.21. The highest BCUT2D eigenvalue weighted by atomic mass is 35.5. The second-order valence-electron chi connectivity index (χ2n) is 7.14. The van der Waals surface area contributed by atoms with Gasteiger partial charge in [0.15, 0.2) is 0 Å². The molecule has 0 atom stereocenters. The first kappa shape index (κ1) is 17.2. The monoisotopic (exact) mass is 366 g/mol. The number of nitrogens with zero attached hydrogens (tertiary/aromatic N) is 1. The first-order chi connectivity index (χ1) is 12.6. The molecule has 1 amide bonds. The normalized spacial score (nSPS) is 14.3. The third kappa shape index (κ3) is 3.49. The van der Waals surface area contributed by atoms with Crippen molar-refractivity contribution in [3.63, 3.8) is 0 Å². The summed E-state index contributed by atoms with van der Waals surface area (Å²) >= 11 is 5.92. The third-order valence-corrected chi connectivity index (χ3v) is 5.56. The average Bonchev–Trinajstić information content (AvgIpc) is 2.84. The van der Waals surface area contributed by atoms with Crippen molar-refractivity contribution in [3.8, 4) is 0 Å². The van der Waals surface area contributed by atoms with Gasteiger partial charge in [-0.3, -0.25) is 4.79 Å². The first-order valence-electron chi connectivity index (χ1n) is 9.22. The predicted molar refractivity (Wildman–Crippen MR) is 107 cm³/mol. The minimum atomic E-state index is 0.241. The molecular weight excluding hydrogens is 344 g/mol. The molecule has 0 aliphatic carbocycles. The van der Waals surface area contributed by atoms with E-state index in [2.05, 4.69) is 30.1 Å². The molecule has 1 N–H and O–H groups in total. The number of aromatic nitrogens is 1. The second-order valence-corrected chi connectivity index (χ2v) is 7.57. The van der Waals surface area contributed by atoms with Crippen molar-refractivity contribution in [1.82, 2.24) is 9.88 Å². The lowest BCUT2D eigenvalue weighted by Crippen LogP contribution is -2.33. The maximum Gasteiger partial charge on any atom is 0.222 e. The van der Waals surface area contributed by atoms with Crippen LogP contribution in [0.15, 0.2) is 42.5 Å². The number of hydrogen-bond donors (Lipinski definition) is 1. The number of H-pyrrole nitrogens is 1. The van der Waals surface area contributed by atoms with Crippen molar-refractivity contribution in [2.24, 2.45) is 0 Å². The molecule has 4 rings (SSSR count). The van der Waals surface area contributed by atoms with E-state index in [0.29, 0.717) is 6.42 Å². The largest absolute Gasteiger partial charge is 0.358 e. The molecule has 0 fully saturated rings. The Balaban J connectivity index is 1.42. The molecule has 0 bridgehead atoms. The molecule has 2 heterocycles. The van der Waals surface area contributed by atoms with E-state index in [9.17, 15) is 4.79 Å². The van der Waals surface area contributed by atoms with Gasteiger partial charge in [-0.15, -0.1) is 0 Å². The number of benzene rings is 2. The number of carbonyl (C=O) groups excluding carboxylic acids is 1. The molecule has 2 aromatic carbocycles. The van der Waals surface area contributed by atoms with Crippen LogP contribution >= 0.6 is 11.6 Å². The molecule has 0 spiro atoms. The molecule has 1 aromatic heterocycles. The van der Waals surface area contributed by atoms with Gasteiger partial charge in [0.25, 0.3) is 0 Å². The first-order valence-corrected chi connectivity index (χ1v) is 9.60. The number of amides is 1. The lowest BCUT2D eigenvalue weighted by Gasteiger charge is -2.20. The van der Waals surface area contributed by atoms with E-state index >= 15 is 0 Å². The van der Waals surface area contributed by atoms with E-state index in [4.69, 9.17) is 11.6 Å². The van der Waals surface area contributed by atoms with Gasteiger partial charge in [-0.05, 0) is 55.2 Å². The van der Waals surface area contributed by atoms with Crippen molar-refractivity contribution in [2.45, 2.75) is 32.6 Å². The maximum absolute atomic E-state index is 12.7. The van der Waals surface area contributed by atoms with Crippen molar-refractivity contribution in [1.29, 1.82) is 0 Å². The van der Waals surface area contributed by atoms with Gasteiger partial charge < -0.3 is 9.88 Å². The van der Waals surface area contributed by atoms with Crippen LogP contribution in [-0.4, -0.2) is 28.9 Å². The Morgan fingerprint density at radius 3 is 2.69 bits per heavy atom. The number of carbonyl (C=O) groups is 1. The predicted octanol–water partition coefficient (Wildman–Crippen LogP) is 4.69. The fourth-order valence-corrected chi connectivity index (χ4v) is 3.96. The number of hydrogen-bond acceptors (Lipinski definition) is 1. The lowest BCUT2D eigenvalue weighted by atomic mass is 10.1. The van der Waals surface area contributed by atoms with Gasteiger partial charge >= 0.3 is 0 Å². The van der Waals surface area contributed by atoms with Gasteiger partial charge in [0, 0.05) is 47.6 Å². The minimum absolute atomic E-state index is 0.241. The van der Waals surface area contributed by atoms with E-state index in [1.165, 1.54) is 27.7 Å². The van der Waals surface area contributed by atoms with E-state index in [-0.39, 0.29) is 5.91 Å². The van der Waals surface area contributed by atoms with Crippen LogP contribution in [0, 0.1) is 6.92 Å². The van der Waals surface area contributed by atoms with E-state index in [0.717, 1.165) is 42.9 Å². The zero-order chi connectivity index (χ0) is 18.1. The summed E-state index contributed by atoms with van der Waals surface area (Å²) in [6.45, 7) is 3.72. The van der Waals surface area contributed by atoms with Gasteiger partial charge in [-0.1, -0.05) is 35.4 Å². The molecule has 134 valence electrons. The lowest BCUT2D eigenvalue weighted by molar-refractivity contribution is -0.131. The molecule has 3 aromatic rings. The summed E-state index contributed by atoms with van der Waals surface area (Å²) in [6, 6.07) is 14.3. The van der Waals surface area contributed by atoms with Gasteiger partial charge in [-0.2, -0.15) is 0 Å². The average molecular weight is 367 g/mol. The standard InChI is InChI=1S/C22H23ClN2O/c1-15-2-8-20-19(14-15)18-10-12-25(13-11-21(18)24-20)22(26)9-5-16-3-6-17(23)7-4-16/h2-4,6-8,14,24H,5,9-13H2,1H3. The van der Waals surface area contributed by atoms with E-state index in [1.807, 2.05) is 29.2 Å². The molecule has 1 aliphatic heterocycles. The number of rotatable bonds is 3. The molecule has 0 saturated heterocycles. The Morgan fingerprint density at radius 2 is 1.88 bits per heavy atom. The quantitative estimate of drug-likeness (QED) is 0.717. The number of fused-ring (bicyclic) bond motifs is 3. The summed E-state index contributed by atoms with van der Waals surface area (Å²) in [4.78, 5) is 18.2. The van der Waals surface area contributed by atoms with Gasteiger partial charge in [0.2, 0.25) is 5.91 Å². The molecule has 0 unspecified atom stereocenters. The van der Waals surface area contributed by atoms with Crippen molar-refractivity contribution < 1.29 is 4.79 Å². The summed E-state index contributed by atoms with van der Waals surface area (Å²) in [6.07, 6.45) is 3.14. The fourth-order valence-electron chi connectivity index (χ4n) is 3.83. The summed E-state index contributed by atoms with van der Waals surface area (Å²) in [5.41, 5.74) is 6.32. The molecule has 0 radical (unpaired) electrons. The molecule has 0 saturated carbocycles. The van der Waals surface area contributed by atoms with Crippen LogP contribution in [0.25, 0.3) is 10.9 Å². The Morgan fingerprint density at radius 1 is 1.12 bits per heavy atom. The van der Waals surface area contributed by atoms with Crippen LogP contribution < -0.4 is 0 Å². The molecule has 26 heavy (non-hydrogen) atoms. The Hall–Kier alpha value is -2.26. The van der Waals surface area contributed by atoms with Gasteiger partial charge in [-0.25, -0.2) is 0 Å². The highest BCUT2D eigenvalue weighted by molar-refractivity contribution is 6.30. The Kier molecular flexibility index (Phi) is 4.73. The Bertz CT molecular complexity index is 943. The van der Waals surface area contributed by atoms with Crippen LogP contribution in [0.1, 0.15) is 28.8 Å². The minimum Gasteiger partial charge on any atom is -0.358 e. The van der Waals surface area contributed by atoms with Gasteiger partial charge in [0.1, 0.15) is 0 Å². The highest BCUT2D eigenvalue weighted by Crippen LogP contribution is 2.27. The van der Waals surface area contributed by atoms with Crippen LogP contribution in [0.2, 0.25) is 5.02 Å². The number of halogens is 1. The topological polar surface area (TPSA) is 36.1 Å². The van der Waals surface area contributed by atoms with Crippen LogP contribution in [-0.2, 0) is 24.1 Å². The van der Waals surface area contributed by atoms with Crippen LogP contribution in [0.3, 0.4) is 0 Å². The number of nitrogens with one attached hydrogen (secondary N) is 1. The summed E-state index contributed by atoms with van der Waals surface area (Å²) in [7, 11) is 0. The van der Waals surface area contributed by atoms with E-state index in [1.54, 1.807) is 0 Å². The second kappa shape index (κ2) is 7.16. The van der Waals surface area contributed by atoms with Crippen molar-refractivity contribution in [2.75, 3.05) is 13.1 Å². The smallest absolute Gasteiger partial charge is 0.222 e. The number of aromatic amines is 1. The Labute approximate surface area is 159 Å². The number of aryl methyl sites for hydroxylation is 2. The fraction of sp³-hybridized carbons (Fsp3) is 0.318. The summed E-state index contributed by atoms with van der Waals surface area (Å²) in [5.74, 6) is 0.241. The summed E-state index contributed by atoms with van der Waals surface area (Å²) in [5, 5.41) is 2.05. The molecule has 1 aliphatic rings. The van der Waals surface area contributed by atoms with Gasteiger partial charge in [0.05, 0.1) is 0 Å². The SMILES string of the molecule is Cc1ccc2[nH]c3c(c2c1)CCN(C(=O)CCc1ccc(Cl)cc1)CC3. The zero-order valence-corrected chi connectivity index (χ0v) is 15.8. The third-order valence-electron chi connectivity index (χ3n) is 5.31.